The van der Waals surface area contributed by atoms with Crippen molar-refractivity contribution < 1.29 is 9.59 Å². The minimum absolute atomic E-state index is 0.00414. The Bertz CT molecular complexity index is 285. The molecule has 1 saturated heterocycles. The molecule has 0 spiro atoms. The number of carbonyl (C=O) groups is 2. The molecule has 1 aliphatic rings. The summed E-state index contributed by atoms with van der Waals surface area (Å²) in [6.45, 7) is 4.83. The van der Waals surface area contributed by atoms with Crippen molar-refractivity contribution in [1.29, 1.82) is 0 Å². The lowest BCUT2D eigenvalue weighted by Crippen LogP contribution is -2.46. The number of nitrogens with zero attached hydrogens (tertiary/aromatic N) is 1. The second-order valence-corrected chi connectivity index (χ2v) is 6.36. The Labute approximate surface area is 119 Å². The smallest absolute Gasteiger partial charge is 0.274 e. The van der Waals surface area contributed by atoms with Crippen LogP contribution in [-0.4, -0.2) is 34.1 Å². The molecule has 1 heterocycles. The lowest BCUT2D eigenvalue weighted by molar-refractivity contribution is -0.128. The standard InChI is InChI=1S/C13H23NO2S2/c1-3-6-13(10-17,7-4-2)9-14-11(15)5-8-18-12(14)16/h17H,3-10H2,1-2H3. The van der Waals surface area contributed by atoms with Crippen molar-refractivity contribution in [1.82, 2.24) is 4.90 Å². The molecule has 0 bridgehead atoms. The summed E-state index contributed by atoms with van der Waals surface area (Å²) in [5, 5.41) is -0.0791. The van der Waals surface area contributed by atoms with Gasteiger partial charge in [0.15, 0.2) is 0 Å². The van der Waals surface area contributed by atoms with E-state index < -0.39 is 0 Å². The van der Waals surface area contributed by atoms with E-state index in [2.05, 4.69) is 26.5 Å². The monoisotopic (exact) mass is 289 g/mol. The predicted octanol–water partition coefficient (Wildman–Crippen LogP) is 3.59. The van der Waals surface area contributed by atoms with E-state index in [1.807, 2.05) is 0 Å². The van der Waals surface area contributed by atoms with Crippen LogP contribution in [0.25, 0.3) is 0 Å². The van der Waals surface area contributed by atoms with Crippen LogP contribution in [0.1, 0.15) is 46.0 Å². The number of hydrogen-bond acceptors (Lipinski definition) is 4. The Hall–Kier alpha value is -0.160. The second kappa shape index (κ2) is 7.43. The average Bonchev–Trinajstić information content (AvgIpc) is 2.34. The summed E-state index contributed by atoms with van der Waals surface area (Å²) in [5.41, 5.74) is -0.00414. The van der Waals surface area contributed by atoms with Gasteiger partial charge in [-0.3, -0.25) is 14.5 Å². The number of thioether (sulfide) groups is 1. The van der Waals surface area contributed by atoms with E-state index in [4.69, 9.17) is 0 Å². The molecule has 5 heteroatoms. The molecule has 0 unspecified atom stereocenters. The minimum atomic E-state index is -0.0791. The zero-order chi connectivity index (χ0) is 13.6. The summed E-state index contributed by atoms with van der Waals surface area (Å²) in [5.74, 6) is 1.34. The van der Waals surface area contributed by atoms with Crippen LogP contribution in [0.2, 0.25) is 0 Å². The van der Waals surface area contributed by atoms with Crippen molar-refractivity contribution >= 4 is 35.5 Å². The van der Waals surface area contributed by atoms with E-state index in [-0.39, 0.29) is 16.6 Å². The first-order valence-corrected chi connectivity index (χ1v) is 8.28. The van der Waals surface area contributed by atoms with Gasteiger partial charge in [0, 0.05) is 18.7 Å². The SMILES string of the molecule is CCCC(CS)(CCC)CN1C(=O)CCSC1=O. The minimum Gasteiger partial charge on any atom is -0.274 e. The van der Waals surface area contributed by atoms with E-state index in [1.165, 1.54) is 16.7 Å². The van der Waals surface area contributed by atoms with Gasteiger partial charge >= 0.3 is 0 Å². The first-order chi connectivity index (χ1) is 8.58. The van der Waals surface area contributed by atoms with Crippen LogP contribution in [0, 0.1) is 5.41 Å². The molecule has 0 aliphatic carbocycles. The molecule has 0 aromatic heterocycles. The number of amides is 2. The molecule has 1 rings (SSSR count). The molecule has 0 atom stereocenters. The third-order valence-corrected chi connectivity index (χ3v) is 5.00. The Morgan fingerprint density at radius 1 is 1.28 bits per heavy atom. The average molecular weight is 289 g/mol. The Morgan fingerprint density at radius 3 is 2.33 bits per heavy atom. The summed E-state index contributed by atoms with van der Waals surface area (Å²) in [6.07, 6.45) is 4.64. The number of imide groups is 1. The van der Waals surface area contributed by atoms with Gasteiger partial charge in [-0.2, -0.15) is 12.6 Å². The van der Waals surface area contributed by atoms with Crippen molar-refractivity contribution in [2.75, 3.05) is 18.1 Å². The largest absolute Gasteiger partial charge is 0.288 e. The highest BCUT2D eigenvalue weighted by atomic mass is 32.2. The maximum atomic E-state index is 11.9. The number of carbonyl (C=O) groups excluding carboxylic acids is 2. The Morgan fingerprint density at radius 2 is 1.89 bits per heavy atom. The van der Waals surface area contributed by atoms with E-state index in [0.717, 1.165) is 31.4 Å². The molecule has 3 nitrogen and oxygen atoms in total. The zero-order valence-electron chi connectivity index (χ0n) is 11.3. The van der Waals surface area contributed by atoms with Crippen molar-refractivity contribution in [2.45, 2.75) is 46.0 Å². The van der Waals surface area contributed by atoms with Crippen LogP contribution in [0.4, 0.5) is 4.79 Å². The van der Waals surface area contributed by atoms with E-state index in [0.29, 0.717) is 18.7 Å². The summed E-state index contributed by atoms with van der Waals surface area (Å²) in [6, 6.07) is 0. The van der Waals surface area contributed by atoms with Gasteiger partial charge in [0.2, 0.25) is 5.91 Å². The van der Waals surface area contributed by atoms with E-state index in [1.54, 1.807) is 0 Å². The first-order valence-electron chi connectivity index (χ1n) is 6.66. The van der Waals surface area contributed by atoms with Gasteiger partial charge in [-0.1, -0.05) is 38.5 Å². The number of hydrogen-bond donors (Lipinski definition) is 1. The summed E-state index contributed by atoms with van der Waals surface area (Å²) in [7, 11) is 0. The van der Waals surface area contributed by atoms with Crippen LogP contribution < -0.4 is 0 Å². The first kappa shape index (κ1) is 15.9. The van der Waals surface area contributed by atoms with Crippen LogP contribution in [0.5, 0.6) is 0 Å². The molecule has 1 fully saturated rings. The highest BCUT2D eigenvalue weighted by Crippen LogP contribution is 2.34. The van der Waals surface area contributed by atoms with Crippen LogP contribution in [0.15, 0.2) is 0 Å². The van der Waals surface area contributed by atoms with Crippen LogP contribution >= 0.6 is 24.4 Å². The van der Waals surface area contributed by atoms with E-state index in [9.17, 15) is 9.59 Å². The highest BCUT2D eigenvalue weighted by molar-refractivity contribution is 8.13. The molecule has 0 saturated carbocycles. The maximum Gasteiger partial charge on any atom is 0.288 e. The van der Waals surface area contributed by atoms with Crippen molar-refractivity contribution in [3.8, 4) is 0 Å². The summed E-state index contributed by atoms with van der Waals surface area (Å²) >= 11 is 5.73. The van der Waals surface area contributed by atoms with Gasteiger partial charge in [0.1, 0.15) is 0 Å². The summed E-state index contributed by atoms with van der Waals surface area (Å²) in [4.78, 5) is 25.2. The maximum absolute atomic E-state index is 11.9. The third-order valence-electron chi connectivity index (χ3n) is 3.45. The fourth-order valence-electron chi connectivity index (χ4n) is 2.58. The topological polar surface area (TPSA) is 37.4 Å². The number of thiol groups is 1. The van der Waals surface area contributed by atoms with Crippen molar-refractivity contribution in [3.05, 3.63) is 0 Å². The van der Waals surface area contributed by atoms with Gasteiger partial charge in [-0.05, 0) is 24.0 Å². The highest BCUT2D eigenvalue weighted by Gasteiger charge is 2.35. The molecular formula is C13H23NO2S2. The Kier molecular flexibility index (Phi) is 6.57. The molecular weight excluding hydrogens is 266 g/mol. The molecule has 2 amide bonds. The Balaban J connectivity index is 2.80. The second-order valence-electron chi connectivity index (χ2n) is 5.00. The molecule has 0 aromatic carbocycles. The van der Waals surface area contributed by atoms with Gasteiger partial charge < -0.3 is 0 Å². The number of rotatable bonds is 7. The summed E-state index contributed by atoms with van der Waals surface area (Å²) < 4.78 is 0. The zero-order valence-corrected chi connectivity index (χ0v) is 13.0. The fourth-order valence-corrected chi connectivity index (χ4v) is 3.77. The molecule has 18 heavy (non-hydrogen) atoms. The van der Waals surface area contributed by atoms with Gasteiger partial charge in [0.05, 0.1) is 0 Å². The van der Waals surface area contributed by atoms with Crippen LogP contribution in [-0.2, 0) is 4.79 Å². The van der Waals surface area contributed by atoms with Crippen molar-refractivity contribution in [2.24, 2.45) is 5.41 Å². The van der Waals surface area contributed by atoms with Crippen molar-refractivity contribution in [3.63, 3.8) is 0 Å². The molecule has 1 aliphatic heterocycles. The van der Waals surface area contributed by atoms with E-state index >= 15 is 0 Å². The van der Waals surface area contributed by atoms with Gasteiger partial charge in [-0.25, -0.2) is 0 Å². The van der Waals surface area contributed by atoms with Crippen LogP contribution in [0.3, 0.4) is 0 Å². The fraction of sp³-hybridized carbons (Fsp3) is 0.846. The lowest BCUT2D eigenvalue weighted by atomic mass is 9.80. The predicted molar refractivity (Wildman–Crippen MR) is 80.3 cm³/mol. The van der Waals surface area contributed by atoms with Gasteiger partial charge in [0.25, 0.3) is 5.24 Å². The van der Waals surface area contributed by atoms with Gasteiger partial charge in [-0.15, -0.1) is 0 Å². The molecule has 0 N–H and O–H groups in total. The molecule has 0 radical (unpaired) electrons. The molecule has 104 valence electrons. The third kappa shape index (κ3) is 3.92. The normalized spacial score (nSPS) is 17.4. The lowest BCUT2D eigenvalue weighted by Gasteiger charge is -2.37. The quantitative estimate of drug-likeness (QED) is 0.728. The molecule has 0 aromatic rings.